The number of guanidine groups is 1. The van der Waals surface area contributed by atoms with Gasteiger partial charge in [-0.05, 0) is 25.0 Å². The van der Waals surface area contributed by atoms with Crippen molar-refractivity contribution in [2.45, 2.75) is 25.3 Å². The second-order valence-corrected chi connectivity index (χ2v) is 8.33. The van der Waals surface area contributed by atoms with Crippen LogP contribution >= 0.6 is 23.1 Å². The van der Waals surface area contributed by atoms with Crippen molar-refractivity contribution in [3.63, 3.8) is 0 Å². The summed E-state index contributed by atoms with van der Waals surface area (Å²) in [5.41, 5.74) is 1.08. The van der Waals surface area contributed by atoms with Crippen LogP contribution in [0, 0.1) is 12.8 Å². The van der Waals surface area contributed by atoms with Crippen molar-refractivity contribution in [3.8, 4) is 5.75 Å². The van der Waals surface area contributed by atoms with Gasteiger partial charge < -0.3 is 15.0 Å². The van der Waals surface area contributed by atoms with Crippen molar-refractivity contribution in [2.24, 2.45) is 10.9 Å². The van der Waals surface area contributed by atoms with Gasteiger partial charge in [0.15, 0.2) is 5.96 Å². The third-order valence-electron chi connectivity index (χ3n) is 3.84. The number of methoxy groups -OCH3 is 1. The predicted molar refractivity (Wildman–Crippen MR) is 113 cm³/mol. The fraction of sp³-hybridized carbons (Fsp3) is 0.474. The first-order valence-electron chi connectivity index (χ1n) is 8.62. The number of para-hydroxylation sites is 1. The zero-order valence-electron chi connectivity index (χ0n) is 16.2. The minimum atomic E-state index is 0.497. The van der Waals surface area contributed by atoms with Gasteiger partial charge in [-0.3, -0.25) is 4.99 Å². The average molecular weight is 393 g/mol. The summed E-state index contributed by atoms with van der Waals surface area (Å²) in [6.07, 6.45) is 0. The molecule has 0 amide bonds. The highest BCUT2D eigenvalue weighted by Crippen LogP contribution is 2.29. The maximum absolute atomic E-state index is 5.42. The Hall–Kier alpha value is -1.73. The molecule has 0 saturated heterocycles. The third-order valence-corrected chi connectivity index (χ3v) is 6.05. The van der Waals surface area contributed by atoms with Crippen LogP contribution in [0.4, 0.5) is 0 Å². The van der Waals surface area contributed by atoms with Crippen LogP contribution in [0.15, 0.2) is 39.5 Å². The molecule has 0 aliphatic heterocycles. The van der Waals surface area contributed by atoms with E-state index in [1.807, 2.05) is 51.0 Å². The van der Waals surface area contributed by atoms with E-state index in [1.165, 1.54) is 4.90 Å². The van der Waals surface area contributed by atoms with Gasteiger partial charge in [0.25, 0.3) is 0 Å². The van der Waals surface area contributed by atoms with E-state index in [1.54, 1.807) is 18.4 Å². The molecule has 0 aliphatic rings. The van der Waals surface area contributed by atoms with Crippen LogP contribution in [-0.2, 0) is 6.54 Å². The number of thiazole rings is 1. The summed E-state index contributed by atoms with van der Waals surface area (Å²) in [5.74, 6) is 3.34. The maximum atomic E-state index is 5.42. The fourth-order valence-corrected chi connectivity index (χ4v) is 4.13. The number of aromatic nitrogens is 1. The Morgan fingerprint density at radius 3 is 2.85 bits per heavy atom. The topological polar surface area (TPSA) is 49.8 Å². The summed E-state index contributed by atoms with van der Waals surface area (Å²) >= 11 is 3.51. The molecule has 1 aromatic heterocycles. The van der Waals surface area contributed by atoms with E-state index >= 15 is 0 Å². The first kappa shape index (κ1) is 20.6. The van der Waals surface area contributed by atoms with E-state index in [0.29, 0.717) is 5.92 Å². The lowest BCUT2D eigenvalue weighted by molar-refractivity contribution is 0.404. The summed E-state index contributed by atoms with van der Waals surface area (Å²) in [7, 11) is 5.58. The Morgan fingerprint density at radius 1 is 1.42 bits per heavy atom. The van der Waals surface area contributed by atoms with Crippen molar-refractivity contribution in [2.75, 3.05) is 33.5 Å². The lowest BCUT2D eigenvalue weighted by atomic mass is 10.2. The van der Waals surface area contributed by atoms with E-state index in [9.17, 15) is 0 Å². The molecular formula is C19H28N4OS2. The number of ether oxygens (including phenoxy) is 1. The summed E-state index contributed by atoms with van der Waals surface area (Å²) in [5, 5.41) is 6.67. The van der Waals surface area contributed by atoms with Crippen molar-refractivity contribution in [1.82, 2.24) is 15.2 Å². The largest absolute Gasteiger partial charge is 0.496 e. The molecule has 1 N–H and O–H groups in total. The highest BCUT2D eigenvalue weighted by atomic mass is 32.2. The van der Waals surface area contributed by atoms with Crippen LogP contribution < -0.4 is 10.1 Å². The normalized spacial score (nSPS) is 12.7. The molecule has 2 rings (SSSR count). The van der Waals surface area contributed by atoms with Gasteiger partial charge in [-0.1, -0.05) is 19.1 Å². The number of benzene rings is 1. The van der Waals surface area contributed by atoms with Gasteiger partial charge in [0.2, 0.25) is 0 Å². The lowest BCUT2D eigenvalue weighted by Gasteiger charge is -2.23. The molecule has 0 aliphatic carbocycles. The molecule has 1 atom stereocenters. The second kappa shape index (κ2) is 10.4. The number of aryl methyl sites for hydroxylation is 1. The summed E-state index contributed by atoms with van der Waals surface area (Å²) in [6, 6.07) is 8.15. The Bertz CT molecular complexity index is 717. The maximum Gasteiger partial charge on any atom is 0.193 e. The van der Waals surface area contributed by atoms with E-state index in [2.05, 4.69) is 38.6 Å². The molecule has 0 spiro atoms. The van der Waals surface area contributed by atoms with Crippen molar-refractivity contribution < 1.29 is 4.74 Å². The number of hydrogen-bond donors (Lipinski definition) is 1. The predicted octanol–water partition coefficient (Wildman–Crippen LogP) is 3.90. The second-order valence-electron chi connectivity index (χ2n) is 6.21. The molecule has 0 fully saturated rings. The molecule has 142 valence electrons. The fourth-order valence-electron chi connectivity index (χ4n) is 2.48. The van der Waals surface area contributed by atoms with Crippen LogP contribution in [0.25, 0.3) is 0 Å². The number of hydrogen-bond acceptors (Lipinski definition) is 5. The Balaban J connectivity index is 1.79. The summed E-state index contributed by atoms with van der Waals surface area (Å²) < 4.78 is 5.42. The minimum absolute atomic E-state index is 0.497. The zero-order chi connectivity index (χ0) is 18.9. The molecule has 1 aromatic carbocycles. The summed E-state index contributed by atoms with van der Waals surface area (Å²) in [6.45, 7) is 5.90. The average Bonchev–Trinajstić information content (AvgIpc) is 3.05. The zero-order valence-corrected chi connectivity index (χ0v) is 17.8. The van der Waals surface area contributed by atoms with Crippen LogP contribution in [0.3, 0.4) is 0 Å². The van der Waals surface area contributed by atoms with Crippen molar-refractivity contribution in [3.05, 3.63) is 40.3 Å². The van der Waals surface area contributed by atoms with Crippen molar-refractivity contribution >= 4 is 29.1 Å². The Kier molecular flexibility index (Phi) is 8.25. The molecule has 0 bridgehead atoms. The van der Waals surface area contributed by atoms with E-state index in [4.69, 9.17) is 4.74 Å². The van der Waals surface area contributed by atoms with E-state index < -0.39 is 0 Å². The lowest BCUT2D eigenvalue weighted by Crippen LogP contribution is -2.40. The molecule has 0 radical (unpaired) electrons. The SMILES string of the molecule is CN=C(NCC(C)CSc1ccccc1OC)N(C)Cc1csc(C)n1. The number of nitrogens with zero attached hydrogens (tertiary/aromatic N) is 3. The monoisotopic (exact) mass is 392 g/mol. The smallest absolute Gasteiger partial charge is 0.193 e. The van der Waals surface area contributed by atoms with Crippen LogP contribution in [0.2, 0.25) is 0 Å². The third kappa shape index (κ3) is 6.21. The van der Waals surface area contributed by atoms with Gasteiger partial charge in [0.05, 0.1) is 24.4 Å². The van der Waals surface area contributed by atoms with E-state index in [0.717, 1.165) is 41.3 Å². The molecule has 7 heteroatoms. The standard InChI is InChI=1S/C19H28N4OS2/c1-14(12-26-18-9-7-6-8-17(18)24-5)10-21-19(20-3)23(4)11-16-13-25-15(2)22-16/h6-9,13-14H,10-12H2,1-5H3,(H,20,21). The molecule has 0 saturated carbocycles. The van der Waals surface area contributed by atoms with Gasteiger partial charge in [-0.2, -0.15) is 0 Å². The molecule has 5 nitrogen and oxygen atoms in total. The Labute approximate surface area is 164 Å². The molecule has 26 heavy (non-hydrogen) atoms. The van der Waals surface area contributed by atoms with Gasteiger partial charge in [0.1, 0.15) is 5.75 Å². The first-order valence-corrected chi connectivity index (χ1v) is 10.5. The molecule has 2 aromatic rings. The molecule has 1 unspecified atom stereocenters. The highest BCUT2D eigenvalue weighted by Gasteiger charge is 2.11. The summed E-state index contributed by atoms with van der Waals surface area (Å²) in [4.78, 5) is 12.2. The number of rotatable bonds is 8. The van der Waals surface area contributed by atoms with Gasteiger partial charge in [-0.15, -0.1) is 23.1 Å². The van der Waals surface area contributed by atoms with E-state index in [-0.39, 0.29) is 0 Å². The quantitative estimate of drug-likeness (QED) is 0.419. The molecule has 1 heterocycles. The first-order chi connectivity index (χ1) is 12.5. The van der Waals surface area contributed by atoms with Crippen molar-refractivity contribution in [1.29, 1.82) is 0 Å². The number of nitrogens with one attached hydrogen (secondary N) is 1. The Morgan fingerprint density at radius 2 is 2.19 bits per heavy atom. The van der Waals surface area contributed by atoms with Gasteiger partial charge in [-0.25, -0.2) is 4.98 Å². The molecular weight excluding hydrogens is 364 g/mol. The minimum Gasteiger partial charge on any atom is -0.496 e. The van der Waals surface area contributed by atoms with Gasteiger partial charge >= 0.3 is 0 Å². The highest BCUT2D eigenvalue weighted by molar-refractivity contribution is 7.99. The number of thioether (sulfide) groups is 1. The van der Waals surface area contributed by atoms with Crippen LogP contribution in [-0.4, -0.2) is 49.3 Å². The van der Waals surface area contributed by atoms with Crippen LogP contribution in [0.1, 0.15) is 17.6 Å². The number of aliphatic imine (C=N–C) groups is 1. The van der Waals surface area contributed by atoms with Gasteiger partial charge in [0, 0.05) is 36.7 Å². The van der Waals surface area contributed by atoms with Crippen LogP contribution in [0.5, 0.6) is 5.75 Å².